The highest BCUT2D eigenvalue weighted by Crippen LogP contribution is 2.37. The summed E-state index contributed by atoms with van der Waals surface area (Å²) in [5, 5.41) is 4.21. The Kier molecular flexibility index (Phi) is 3.12. The Labute approximate surface area is 119 Å². The second-order valence-electron chi connectivity index (χ2n) is 4.94. The normalized spacial score (nSPS) is 16.1. The van der Waals surface area contributed by atoms with Gasteiger partial charge in [-0.25, -0.2) is 0 Å². The van der Waals surface area contributed by atoms with E-state index in [0.717, 1.165) is 5.56 Å². The third-order valence-corrected chi connectivity index (χ3v) is 3.50. The Morgan fingerprint density at radius 1 is 1.57 bits per heavy atom. The molecule has 2 heterocycles. The SMILES string of the molecule is CC(=O)c1cc2c(c3ccc(=O)[nH]c13)OC(CN=[N+]=[N-])C2. The van der Waals surface area contributed by atoms with Crippen molar-refractivity contribution in [1.82, 2.24) is 4.98 Å². The number of fused-ring (bicyclic) bond motifs is 3. The van der Waals surface area contributed by atoms with Crippen LogP contribution >= 0.6 is 0 Å². The Morgan fingerprint density at radius 3 is 3.10 bits per heavy atom. The van der Waals surface area contributed by atoms with Crippen LogP contribution in [0.25, 0.3) is 21.3 Å². The number of ketones is 1. The molecule has 106 valence electrons. The summed E-state index contributed by atoms with van der Waals surface area (Å²) in [6, 6.07) is 4.79. The first-order valence-electron chi connectivity index (χ1n) is 6.47. The van der Waals surface area contributed by atoms with Crippen LogP contribution in [0.3, 0.4) is 0 Å². The number of nitrogens with one attached hydrogen (secondary N) is 1. The van der Waals surface area contributed by atoms with E-state index >= 15 is 0 Å². The number of pyridine rings is 1. The van der Waals surface area contributed by atoms with Crippen molar-refractivity contribution in [2.45, 2.75) is 19.4 Å². The average Bonchev–Trinajstić information content (AvgIpc) is 2.86. The van der Waals surface area contributed by atoms with Crippen molar-refractivity contribution >= 4 is 16.7 Å². The minimum atomic E-state index is -0.270. The largest absolute Gasteiger partial charge is 0.489 e. The van der Waals surface area contributed by atoms with Crippen molar-refractivity contribution in [3.05, 3.63) is 50.1 Å². The molecular formula is C14H12N4O3. The monoisotopic (exact) mass is 284 g/mol. The van der Waals surface area contributed by atoms with E-state index in [1.54, 1.807) is 12.1 Å². The van der Waals surface area contributed by atoms with Crippen LogP contribution in [0.1, 0.15) is 22.8 Å². The van der Waals surface area contributed by atoms with Gasteiger partial charge in [0.05, 0.1) is 12.1 Å². The first-order chi connectivity index (χ1) is 10.1. The molecule has 21 heavy (non-hydrogen) atoms. The number of ether oxygens (including phenoxy) is 1. The molecule has 7 heteroatoms. The molecule has 1 unspecified atom stereocenters. The molecule has 3 rings (SSSR count). The Balaban J connectivity index is 2.19. The maximum absolute atomic E-state index is 11.8. The third-order valence-electron chi connectivity index (χ3n) is 3.50. The minimum absolute atomic E-state index is 0.122. The number of carbonyl (C=O) groups excluding carboxylic acids is 1. The maximum Gasteiger partial charge on any atom is 0.248 e. The van der Waals surface area contributed by atoms with Gasteiger partial charge in [-0.15, -0.1) is 0 Å². The number of benzene rings is 1. The molecule has 0 aliphatic carbocycles. The zero-order chi connectivity index (χ0) is 15.0. The highest BCUT2D eigenvalue weighted by Gasteiger charge is 2.26. The quantitative estimate of drug-likeness (QED) is 0.404. The number of aromatic nitrogens is 1. The molecule has 1 aliphatic heterocycles. The van der Waals surface area contributed by atoms with E-state index in [2.05, 4.69) is 15.0 Å². The van der Waals surface area contributed by atoms with Gasteiger partial charge in [-0.1, -0.05) is 5.11 Å². The molecule has 1 atom stereocenters. The van der Waals surface area contributed by atoms with Gasteiger partial charge in [-0.05, 0) is 30.2 Å². The smallest absolute Gasteiger partial charge is 0.248 e. The maximum atomic E-state index is 11.8. The van der Waals surface area contributed by atoms with Gasteiger partial charge >= 0.3 is 0 Å². The van der Waals surface area contributed by atoms with Crippen LogP contribution in [-0.2, 0) is 6.42 Å². The van der Waals surface area contributed by atoms with E-state index in [9.17, 15) is 9.59 Å². The van der Waals surface area contributed by atoms with Gasteiger partial charge in [0.2, 0.25) is 5.56 Å². The third kappa shape index (κ3) is 2.23. The van der Waals surface area contributed by atoms with E-state index in [4.69, 9.17) is 10.3 Å². The van der Waals surface area contributed by atoms with Gasteiger partial charge in [0.1, 0.15) is 11.9 Å². The van der Waals surface area contributed by atoms with Crippen molar-refractivity contribution in [3.63, 3.8) is 0 Å². The highest BCUT2D eigenvalue weighted by atomic mass is 16.5. The lowest BCUT2D eigenvalue weighted by molar-refractivity contribution is 0.101. The van der Waals surface area contributed by atoms with Crippen molar-refractivity contribution in [2.24, 2.45) is 5.11 Å². The van der Waals surface area contributed by atoms with Crippen LogP contribution in [-0.4, -0.2) is 23.4 Å². The fourth-order valence-electron chi connectivity index (χ4n) is 2.61. The molecule has 1 aromatic heterocycles. The summed E-state index contributed by atoms with van der Waals surface area (Å²) >= 11 is 0. The summed E-state index contributed by atoms with van der Waals surface area (Å²) in [5.74, 6) is 0.521. The number of Topliss-reactive ketones (excluding diaryl/α,β-unsaturated/α-hetero) is 1. The minimum Gasteiger partial charge on any atom is -0.489 e. The van der Waals surface area contributed by atoms with Gasteiger partial charge in [-0.3, -0.25) is 9.59 Å². The predicted octanol–water partition coefficient (Wildman–Crippen LogP) is 2.34. The van der Waals surface area contributed by atoms with Gasteiger partial charge in [0.15, 0.2) is 5.78 Å². The van der Waals surface area contributed by atoms with Crippen molar-refractivity contribution in [2.75, 3.05) is 6.54 Å². The molecule has 2 aromatic rings. The second-order valence-corrected chi connectivity index (χ2v) is 4.94. The first kappa shape index (κ1) is 13.2. The zero-order valence-corrected chi connectivity index (χ0v) is 11.3. The second kappa shape index (κ2) is 4.96. The number of H-pyrrole nitrogens is 1. The van der Waals surface area contributed by atoms with Crippen LogP contribution in [0.2, 0.25) is 0 Å². The van der Waals surface area contributed by atoms with Gasteiger partial charge in [0.25, 0.3) is 0 Å². The summed E-state index contributed by atoms with van der Waals surface area (Å²) in [4.78, 5) is 28.7. The molecule has 1 aromatic carbocycles. The zero-order valence-electron chi connectivity index (χ0n) is 11.3. The number of azide groups is 1. The van der Waals surface area contributed by atoms with E-state index in [1.807, 2.05) is 0 Å². The predicted molar refractivity (Wildman–Crippen MR) is 76.7 cm³/mol. The van der Waals surface area contributed by atoms with E-state index in [0.29, 0.717) is 28.6 Å². The molecule has 0 saturated heterocycles. The molecule has 1 aliphatic rings. The molecular weight excluding hydrogens is 272 g/mol. The lowest BCUT2D eigenvalue weighted by Crippen LogP contribution is -2.16. The Bertz CT molecular complexity index is 849. The number of rotatable bonds is 3. The van der Waals surface area contributed by atoms with Crippen LogP contribution in [0.5, 0.6) is 5.75 Å². The molecule has 0 radical (unpaired) electrons. The fourth-order valence-corrected chi connectivity index (χ4v) is 2.61. The summed E-state index contributed by atoms with van der Waals surface area (Å²) in [5.41, 5.74) is 9.95. The van der Waals surface area contributed by atoms with Gasteiger partial charge < -0.3 is 9.72 Å². The van der Waals surface area contributed by atoms with Crippen LogP contribution in [0.15, 0.2) is 28.1 Å². The van der Waals surface area contributed by atoms with E-state index in [-0.39, 0.29) is 24.0 Å². The Hall–Kier alpha value is -2.79. The summed E-state index contributed by atoms with van der Waals surface area (Å²) in [7, 11) is 0. The summed E-state index contributed by atoms with van der Waals surface area (Å²) in [6.45, 7) is 1.69. The number of nitrogens with zero attached hydrogens (tertiary/aromatic N) is 3. The molecule has 0 saturated carbocycles. The van der Waals surface area contributed by atoms with E-state index < -0.39 is 0 Å². The van der Waals surface area contributed by atoms with Crippen molar-refractivity contribution in [1.29, 1.82) is 0 Å². The summed E-state index contributed by atoms with van der Waals surface area (Å²) < 4.78 is 5.80. The summed E-state index contributed by atoms with van der Waals surface area (Å²) in [6.07, 6.45) is 0.331. The lowest BCUT2D eigenvalue weighted by atomic mass is 10.00. The molecule has 0 spiro atoms. The lowest BCUT2D eigenvalue weighted by Gasteiger charge is -2.10. The fraction of sp³-hybridized carbons (Fsp3) is 0.286. The first-order valence-corrected chi connectivity index (χ1v) is 6.47. The molecule has 0 fully saturated rings. The number of aromatic amines is 1. The number of hydrogen-bond acceptors (Lipinski definition) is 4. The van der Waals surface area contributed by atoms with E-state index in [1.165, 1.54) is 13.0 Å². The topological polar surface area (TPSA) is 108 Å². The van der Waals surface area contributed by atoms with Gasteiger partial charge in [0, 0.05) is 28.3 Å². The molecule has 0 bridgehead atoms. The van der Waals surface area contributed by atoms with Gasteiger partial charge in [-0.2, -0.15) is 0 Å². The Morgan fingerprint density at radius 2 is 2.38 bits per heavy atom. The highest BCUT2D eigenvalue weighted by molar-refractivity contribution is 6.07. The van der Waals surface area contributed by atoms with Crippen molar-refractivity contribution < 1.29 is 9.53 Å². The standard InChI is InChI=1S/C14H12N4O3/c1-7(19)11-5-8-4-9(6-16-18-15)21-14(8)10-2-3-12(20)17-13(10)11/h2-3,5,9H,4,6H2,1H3,(H,17,20). The number of hydrogen-bond donors (Lipinski definition) is 1. The molecule has 0 amide bonds. The van der Waals surface area contributed by atoms with Crippen LogP contribution < -0.4 is 10.3 Å². The van der Waals surface area contributed by atoms with Crippen LogP contribution in [0.4, 0.5) is 0 Å². The van der Waals surface area contributed by atoms with Crippen molar-refractivity contribution in [3.8, 4) is 5.75 Å². The average molecular weight is 284 g/mol. The number of carbonyl (C=O) groups is 1. The molecule has 7 nitrogen and oxygen atoms in total. The van der Waals surface area contributed by atoms with Crippen LogP contribution in [0, 0.1) is 0 Å². The molecule has 1 N–H and O–H groups in total.